The van der Waals surface area contributed by atoms with Crippen LogP contribution in [-0.2, 0) is 12.8 Å². The van der Waals surface area contributed by atoms with E-state index >= 15 is 0 Å². The Bertz CT molecular complexity index is 647. The minimum atomic E-state index is -0.181. The molecule has 0 amide bonds. The van der Waals surface area contributed by atoms with Crippen LogP contribution in [0.5, 0.6) is 5.75 Å². The van der Waals surface area contributed by atoms with Gasteiger partial charge in [0.05, 0.1) is 6.61 Å². The van der Waals surface area contributed by atoms with Gasteiger partial charge in [-0.2, -0.15) is 0 Å². The summed E-state index contributed by atoms with van der Waals surface area (Å²) in [5.41, 5.74) is 2.38. The Balaban J connectivity index is 0.00000225. The zero-order chi connectivity index (χ0) is 16.8. The summed E-state index contributed by atoms with van der Waals surface area (Å²) in [5, 5.41) is 0. The number of aryl methyl sites for hydroxylation is 2. The highest BCUT2D eigenvalue weighted by molar-refractivity contribution is 5.85. The van der Waals surface area contributed by atoms with Crippen LogP contribution in [0.3, 0.4) is 0 Å². The average Bonchev–Trinajstić information content (AvgIpc) is 3.00. The fraction of sp³-hybridized carbons (Fsp3) is 0.429. The molecule has 0 aromatic heterocycles. The van der Waals surface area contributed by atoms with Gasteiger partial charge in [0.15, 0.2) is 0 Å². The van der Waals surface area contributed by atoms with Crippen LogP contribution in [0.4, 0.5) is 4.39 Å². The SMILES string of the molecule is CN1CCCC1CCOc1ccccc1CCc1ccc(F)cc1.Cl. The summed E-state index contributed by atoms with van der Waals surface area (Å²) in [6.45, 7) is 1.97. The number of hydrogen-bond donors (Lipinski definition) is 0. The lowest BCUT2D eigenvalue weighted by molar-refractivity contribution is 0.232. The van der Waals surface area contributed by atoms with Gasteiger partial charge in [-0.3, -0.25) is 0 Å². The molecule has 0 aliphatic carbocycles. The Labute approximate surface area is 156 Å². The van der Waals surface area contributed by atoms with Crippen molar-refractivity contribution < 1.29 is 9.13 Å². The fourth-order valence-corrected chi connectivity index (χ4v) is 3.43. The zero-order valence-corrected chi connectivity index (χ0v) is 15.6. The van der Waals surface area contributed by atoms with Crippen LogP contribution in [-0.4, -0.2) is 31.1 Å². The van der Waals surface area contributed by atoms with Crippen LogP contribution in [0.1, 0.15) is 30.4 Å². The largest absolute Gasteiger partial charge is 0.493 e. The second kappa shape index (κ2) is 9.79. The molecular weight excluding hydrogens is 337 g/mol. The van der Waals surface area contributed by atoms with Crippen molar-refractivity contribution in [2.45, 2.75) is 38.1 Å². The van der Waals surface area contributed by atoms with Crippen molar-refractivity contribution in [1.82, 2.24) is 4.90 Å². The number of likely N-dealkylation sites (tertiary alicyclic amines) is 1. The van der Waals surface area contributed by atoms with Gasteiger partial charge in [-0.15, -0.1) is 12.4 Å². The van der Waals surface area contributed by atoms with E-state index in [1.165, 1.54) is 37.1 Å². The van der Waals surface area contributed by atoms with Crippen molar-refractivity contribution >= 4 is 12.4 Å². The van der Waals surface area contributed by atoms with Crippen molar-refractivity contribution in [1.29, 1.82) is 0 Å². The van der Waals surface area contributed by atoms with Crippen LogP contribution in [0.25, 0.3) is 0 Å². The third-order valence-corrected chi connectivity index (χ3v) is 4.95. The first-order valence-corrected chi connectivity index (χ1v) is 8.88. The number of halogens is 2. The second-order valence-electron chi connectivity index (χ2n) is 6.65. The molecule has 3 rings (SSSR count). The van der Waals surface area contributed by atoms with Crippen LogP contribution >= 0.6 is 12.4 Å². The number of hydrogen-bond acceptors (Lipinski definition) is 2. The second-order valence-corrected chi connectivity index (χ2v) is 6.65. The van der Waals surface area contributed by atoms with Crippen LogP contribution in [0, 0.1) is 5.82 Å². The third-order valence-electron chi connectivity index (χ3n) is 4.95. The predicted molar refractivity (Wildman–Crippen MR) is 103 cm³/mol. The summed E-state index contributed by atoms with van der Waals surface area (Å²) in [6.07, 6.45) is 5.47. The van der Waals surface area contributed by atoms with E-state index in [0.29, 0.717) is 6.04 Å². The maximum Gasteiger partial charge on any atom is 0.123 e. The standard InChI is InChI=1S/C21H26FNO.ClH/c1-23-15-4-6-20(23)14-16-24-21-7-3-2-5-18(21)11-8-17-9-12-19(22)13-10-17;/h2-3,5,7,9-10,12-13,20H,4,6,8,11,14-16H2,1H3;1H. The van der Waals surface area contributed by atoms with Crippen molar-refractivity contribution in [2.75, 3.05) is 20.2 Å². The number of benzene rings is 2. The number of nitrogens with zero attached hydrogens (tertiary/aromatic N) is 1. The van der Waals surface area contributed by atoms with Gasteiger partial charge in [-0.25, -0.2) is 4.39 Å². The summed E-state index contributed by atoms with van der Waals surface area (Å²) in [5.74, 6) is 0.805. The van der Waals surface area contributed by atoms with Crippen LogP contribution in [0.2, 0.25) is 0 Å². The Hall–Kier alpha value is -1.58. The minimum absolute atomic E-state index is 0. The summed E-state index contributed by atoms with van der Waals surface area (Å²) >= 11 is 0. The molecule has 2 nitrogen and oxygen atoms in total. The Morgan fingerprint density at radius 2 is 1.84 bits per heavy atom. The smallest absolute Gasteiger partial charge is 0.123 e. The molecular formula is C21H27ClFNO. The van der Waals surface area contributed by atoms with Gasteiger partial charge < -0.3 is 9.64 Å². The molecule has 4 heteroatoms. The highest BCUT2D eigenvalue weighted by Crippen LogP contribution is 2.22. The summed E-state index contributed by atoms with van der Waals surface area (Å²) in [6, 6.07) is 15.7. The molecule has 0 N–H and O–H groups in total. The van der Waals surface area contributed by atoms with Gasteiger partial charge in [0.1, 0.15) is 11.6 Å². The van der Waals surface area contributed by atoms with E-state index in [1.54, 1.807) is 0 Å². The molecule has 1 atom stereocenters. The quantitative estimate of drug-likeness (QED) is 0.694. The van der Waals surface area contributed by atoms with E-state index in [1.807, 2.05) is 18.2 Å². The number of rotatable bonds is 7. The van der Waals surface area contributed by atoms with E-state index < -0.39 is 0 Å². The molecule has 2 aromatic rings. The molecule has 136 valence electrons. The number of ether oxygens (including phenoxy) is 1. The molecule has 2 aromatic carbocycles. The Morgan fingerprint density at radius 1 is 1.08 bits per heavy atom. The molecule has 25 heavy (non-hydrogen) atoms. The van der Waals surface area contributed by atoms with Crippen molar-refractivity contribution in [3.63, 3.8) is 0 Å². The van der Waals surface area contributed by atoms with Crippen molar-refractivity contribution in [3.05, 3.63) is 65.5 Å². The summed E-state index contributed by atoms with van der Waals surface area (Å²) in [4.78, 5) is 2.43. The first-order valence-electron chi connectivity index (χ1n) is 8.88. The normalized spacial score (nSPS) is 17.3. The molecule has 0 saturated carbocycles. The molecule has 1 saturated heterocycles. The molecule has 1 aliphatic rings. The maximum atomic E-state index is 13.0. The van der Waals surface area contributed by atoms with Gasteiger partial charge in [-0.05, 0) is 75.0 Å². The molecule has 0 bridgehead atoms. The van der Waals surface area contributed by atoms with E-state index in [-0.39, 0.29) is 18.2 Å². The number of para-hydroxylation sites is 1. The Kier molecular flexibility index (Phi) is 7.73. The first kappa shape index (κ1) is 19.7. The van der Waals surface area contributed by atoms with Crippen molar-refractivity contribution in [2.24, 2.45) is 0 Å². The maximum absolute atomic E-state index is 13.0. The van der Waals surface area contributed by atoms with E-state index in [9.17, 15) is 4.39 Å². The minimum Gasteiger partial charge on any atom is -0.493 e. The lowest BCUT2D eigenvalue weighted by Gasteiger charge is -2.20. The van der Waals surface area contributed by atoms with Crippen LogP contribution in [0.15, 0.2) is 48.5 Å². The van der Waals surface area contributed by atoms with Gasteiger partial charge in [0, 0.05) is 6.04 Å². The third kappa shape index (κ3) is 5.72. The molecule has 0 spiro atoms. The summed E-state index contributed by atoms with van der Waals surface area (Å²) in [7, 11) is 2.20. The van der Waals surface area contributed by atoms with Crippen LogP contribution < -0.4 is 4.74 Å². The van der Waals surface area contributed by atoms with Gasteiger partial charge >= 0.3 is 0 Å². The fourth-order valence-electron chi connectivity index (χ4n) is 3.43. The molecule has 1 unspecified atom stereocenters. The lowest BCUT2D eigenvalue weighted by Crippen LogP contribution is -2.26. The molecule has 1 fully saturated rings. The monoisotopic (exact) mass is 363 g/mol. The van der Waals surface area contributed by atoms with Gasteiger partial charge in [0.25, 0.3) is 0 Å². The van der Waals surface area contributed by atoms with E-state index in [2.05, 4.69) is 30.1 Å². The van der Waals surface area contributed by atoms with Crippen molar-refractivity contribution in [3.8, 4) is 5.75 Å². The first-order chi connectivity index (χ1) is 11.7. The molecule has 1 aliphatic heterocycles. The topological polar surface area (TPSA) is 12.5 Å². The lowest BCUT2D eigenvalue weighted by atomic mass is 10.0. The van der Waals surface area contributed by atoms with E-state index in [4.69, 9.17) is 4.74 Å². The zero-order valence-electron chi connectivity index (χ0n) is 14.8. The molecule has 0 radical (unpaired) electrons. The van der Waals surface area contributed by atoms with Gasteiger partial charge in [0.2, 0.25) is 0 Å². The average molecular weight is 364 g/mol. The highest BCUT2D eigenvalue weighted by atomic mass is 35.5. The van der Waals surface area contributed by atoms with Gasteiger partial charge in [-0.1, -0.05) is 30.3 Å². The molecule has 1 heterocycles. The van der Waals surface area contributed by atoms with E-state index in [0.717, 1.165) is 37.2 Å². The Morgan fingerprint density at radius 3 is 2.56 bits per heavy atom. The summed E-state index contributed by atoms with van der Waals surface area (Å²) < 4.78 is 19.1. The highest BCUT2D eigenvalue weighted by Gasteiger charge is 2.20. The predicted octanol–water partition coefficient (Wildman–Crippen LogP) is 4.90.